The average Bonchev–Trinajstić information content (AvgIpc) is 3.15. The van der Waals surface area contributed by atoms with Crippen molar-refractivity contribution in [2.45, 2.75) is 20.4 Å². The molecule has 0 aliphatic heterocycles. The molecule has 7 heteroatoms. The van der Waals surface area contributed by atoms with Crippen LogP contribution < -0.4 is 9.54 Å². The molecule has 6 nitrogen and oxygen atoms in total. The van der Waals surface area contributed by atoms with Gasteiger partial charge in [-0.25, -0.2) is 4.79 Å². The van der Waals surface area contributed by atoms with Crippen molar-refractivity contribution in [2.24, 2.45) is 4.99 Å². The molecule has 0 unspecified atom stereocenters. The Hall–Kier alpha value is -3.89. The Kier molecular flexibility index (Phi) is 6.57. The predicted octanol–water partition coefficient (Wildman–Crippen LogP) is 4.81. The Morgan fingerprint density at radius 1 is 1.09 bits per heavy atom. The molecule has 0 spiro atoms. The molecule has 0 radical (unpaired) electrons. The van der Waals surface area contributed by atoms with Crippen LogP contribution >= 0.6 is 11.3 Å². The highest BCUT2D eigenvalue weighted by Gasteiger charge is 2.18. The fourth-order valence-corrected chi connectivity index (χ4v) is 4.70. The zero-order chi connectivity index (χ0) is 23.4. The largest absolute Gasteiger partial charge is 0.493 e. The number of fused-ring (bicyclic) bond motifs is 2. The molecule has 33 heavy (non-hydrogen) atoms. The number of carbonyl (C=O) groups excluding carboxylic acids is 2. The van der Waals surface area contributed by atoms with Gasteiger partial charge in [-0.3, -0.25) is 4.79 Å². The third-order valence-electron chi connectivity index (χ3n) is 5.04. The van der Waals surface area contributed by atoms with E-state index in [9.17, 15) is 9.59 Å². The van der Waals surface area contributed by atoms with Gasteiger partial charge >= 0.3 is 5.97 Å². The molecule has 0 atom stereocenters. The summed E-state index contributed by atoms with van der Waals surface area (Å²) in [6, 6.07) is 16.5. The van der Waals surface area contributed by atoms with Crippen LogP contribution in [0.3, 0.4) is 0 Å². The Bertz CT molecular complexity index is 1470. The van der Waals surface area contributed by atoms with Gasteiger partial charge < -0.3 is 14.0 Å². The van der Waals surface area contributed by atoms with Gasteiger partial charge in [0.25, 0.3) is 5.91 Å². The summed E-state index contributed by atoms with van der Waals surface area (Å²) in [7, 11) is 0. The summed E-state index contributed by atoms with van der Waals surface area (Å²) in [6.07, 6.45) is 5.59. The number of esters is 1. The number of hydrogen-bond donors (Lipinski definition) is 0. The topological polar surface area (TPSA) is 69.9 Å². The lowest BCUT2D eigenvalue weighted by molar-refractivity contribution is 0.0526. The van der Waals surface area contributed by atoms with Gasteiger partial charge in [0.1, 0.15) is 5.75 Å². The Balaban J connectivity index is 1.89. The van der Waals surface area contributed by atoms with E-state index < -0.39 is 11.9 Å². The minimum Gasteiger partial charge on any atom is -0.493 e. The van der Waals surface area contributed by atoms with Gasteiger partial charge in [0.15, 0.2) is 4.80 Å². The van der Waals surface area contributed by atoms with Gasteiger partial charge in [-0.2, -0.15) is 4.99 Å². The maximum atomic E-state index is 13.4. The molecular formula is C26H22N2O4S. The summed E-state index contributed by atoms with van der Waals surface area (Å²) in [5.74, 6) is 2.28. The molecule has 166 valence electrons. The fourth-order valence-electron chi connectivity index (χ4n) is 3.63. The van der Waals surface area contributed by atoms with Gasteiger partial charge in [-0.15, -0.1) is 6.42 Å². The van der Waals surface area contributed by atoms with Crippen molar-refractivity contribution in [1.29, 1.82) is 0 Å². The summed E-state index contributed by atoms with van der Waals surface area (Å²) in [5.41, 5.74) is 1.64. The van der Waals surface area contributed by atoms with E-state index in [0.717, 1.165) is 21.0 Å². The van der Waals surface area contributed by atoms with E-state index in [0.29, 0.717) is 34.9 Å². The van der Waals surface area contributed by atoms with E-state index >= 15 is 0 Å². The Morgan fingerprint density at radius 2 is 1.91 bits per heavy atom. The maximum absolute atomic E-state index is 13.4. The lowest BCUT2D eigenvalue weighted by Crippen LogP contribution is -2.17. The average molecular weight is 459 g/mol. The lowest BCUT2D eigenvalue weighted by atomic mass is 10.0. The first-order chi connectivity index (χ1) is 16.1. The van der Waals surface area contributed by atoms with Gasteiger partial charge in [-0.1, -0.05) is 47.6 Å². The maximum Gasteiger partial charge on any atom is 0.338 e. The summed E-state index contributed by atoms with van der Waals surface area (Å²) < 4.78 is 13.4. The van der Waals surface area contributed by atoms with Gasteiger partial charge in [0.05, 0.1) is 41.1 Å². The monoisotopic (exact) mass is 458 g/mol. The van der Waals surface area contributed by atoms with Crippen LogP contribution in [0.15, 0.2) is 59.6 Å². The first-order valence-electron chi connectivity index (χ1n) is 10.5. The van der Waals surface area contributed by atoms with Crippen LogP contribution in [0.1, 0.15) is 34.6 Å². The van der Waals surface area contributed by atoms with E-state index in [2.05, 4.69) is 10.9 Å². The molecule has 0 aliphatic rings. The molecule has 1 heterocycles. The van der Waals surface area contributed by atoms with Crippen LogP contribution in [0.2, 0.25) is 0 Å². The van der Waals surface area contributed by atoms with E-state index in [4.69, 9.17) is 15.9 Å². The van der Waals surface area contributed by atoms with Gasteiger partial charge in [-0.05, 0) is 48.9 Å². The van der Waals surface area contributed by atoms with Crippen LogP contribution in [-0.4, -0.2) is 29.7 Å². The molecule has 0 aliphatic carbocycles. The van der Waals surface area contributed by atoms with Crippen LogP contribution in [0.4, 0.5) is 0 Å². The number of benzene rings is 3. The van der Waals surface area contributed by atoms with Crippen molar-refractivity contribution in [3.63, 3.8) is 0 Å². The second-order valence-electron chi connectivity index (χ2n) is 7.09. The van der Waals surface area contributed by atoms with Crippen molar-refractivity contribution in [3.8, 4) is 18.1 Å². The Labute approximate surface area is 195 Å². The van der Waals surface area contributed by atoms with Crippen molar-refractivity contribution in [3.05, 3.63) is 70.5 Å². The molecule has 0 N–H and O–H groups in total. The van der Waals surface area contributed by atoms with Crippen LogP contribution in [0.5, 0.6) is 5.75 Å². The SMILES string of the molecule is C#CCn1c(=NC(=O)c2c(OCC)ccc3ccccc23)sc2cc(C(=O)OCC)ccc21. The number of rotatable bonds is 6. The van der Waals surface area contributed by atoms with Gasteiger partial charge in [0.2, 0.25) is 0 Å². The highest BCUT2D eigenvalue weighted by atomic mass is 32.1. The standard InChI is InChI=1S/C26H22N2O4S/c1-4-15-28-20-13-11-18(25(30)32-6-3)16-22(20)33-26(28)27-24(29)23-19-10-8-7-9-17(19)12-14-21(23)31-5-2/h1,7-14,16H,5-6,15H2,2-3H3. The first-order valence-corrected chi connectivity index (χ1v) is 11.4. The van der Waals surface area contributed by atoms with Crippen molar-refractivity contribution >= 4 is 44.2 Å². The number of carbonyl (C=O) groups is 2. The summed E-state index contributed by atoms with van der Waals surface area (Å²) in [6.45, 7) is 4.58. The molecule has 4 aromatic rings. The first kappa shape index (κ1) is 22.3. The second kappa shape index (κ2) is 9.72. The number of ether oxygens (including phenoxy) is 2. The molecule has 3 aromatic carbocycles. The third kappa shape index (κ3) is 4.38. The molecule has 0 saturated heterocycles. The minimum absolute atomic E-state index is 0.235. The van der Waals surface area contributed by atoms with Gasteiger partial charge in [0, 0.05) is 0 Å². The Morgan fingerprint density at radius 3 is 2.67 bits per heavy atom. The summed E-state index contributed by atoms with van der Waals surface area (Å²) >= 11 is 1.29. The minimum atomic E-state index is -0.418. The van der Waals surface area contributed by atoms with E-state index in [1.54, 1.807) is 35.8 Å². The number of aromatic nitrogens is 1. The molecule has 0 bridgehead atoms. The van der Waals surface area contributed by atoms with Crippen LogP contribution in [0, 0.1) is 12.3 Å². The smallest absolute Gasteiger partial charge is 0.338 e. The number of thiazole rings is 1. The molecule has 1 amide bonds. The third-order valence-corrected chi connectivity index (χ3v) is 6.09. The van der Waals surface area contributed by atoms with Crippen molar-refractivity contribution in [2.75, 3.05) is 13.2 Å². The number of terminal acetylenes is 1. The molecule has 0 saturated carbocycles. The number of nitrogens with zero attached hydrogens (tertiary/aromatic N) is 2. The zero-order valence-corrected chi connectivity index (χ0v) is 19.1. The van der Waals surface area contributed by atoms with E-state index in [1.165, 1.54) is 11.3 Å². The zero-order valence-electron chi connectivity index (χ0n) is 18.3. The second-order valence-corrected chi connectivity index (χ2v) is 8.10. The number of hydrogen-bond acceptors (Lipinski definition) is 5. The quantitative estimate of drug-likeness (QED) is 0.307. The normalized spacial score (nSPS) is 11.5. The van der Waals surface area contributed by atoms with E-state index in [1.807, 2.05) is 37.3 Å². The lowest BCUT2D eigenvalue weighted by Gasteiger charge is -2.10. The molecular weight excluding hydrogens is 436 g/mol. The summed E-state index contributed by atoms with van der Waals surface area (Å²) in [5, 5.41) is 1.69. The van der Waals surface area contributed by atoms with Crippen molar-refractivity contribution < 1.29 is 19.1 Å². The van der Waals surface area contributed by atoms with E-state index in [-0.39, 0.29) is 6.54 Å². The summed E-state index contributed by atoms with van der Waals surface area (Å²) in [4.78, 5) is 30.5. The number of amides is 1. The molecule has 4 rings (SSSR count). The van der Waals surface area contributed by atoms with Crippen LogP contribution in [0.25, 0.3) is 21.0 Å². The molecule has 0 fully saturated rings. The fraction of sp³-hybridized carbons (Fsp3) is 0.192. The highest BCUT2D eigenvalue weighted by Crippen LogP contribution is 2.29. The van der Waals surface area contributed by atoms with Crippen molar-refractivity contribution in [1.82, 2.24) is 4.57 Å². The predicted molar refractivity (Wildman–Crippen MR) is 130 cm³/mol. The molecule has 1 aromatic heterocycles. The highest BCUT2D eigenvalue weighted by molar-refractivity contribution is 7.16. The van der Waals surface area contributed by atoms with Crippen LogP contribution in [-0.2, 0) is 11.3 Å².